The molecule has 72 valence electrons. The summed E-state index contributed by atoms with van der Waals surface area (Å²) in [6, 6.07) is 1.63. The molecule has 0 N–H and O–H groups in total. The van der Waals surface area contributed by atoms with E-state index in [0.29, 0.717) is 16.9 Å². The minimum absolute atomic E-state index is 0.401. The summed E-state index contributed by atoms with van der Waals surface area (Å²) in [7, 11) is 1.33. The van der Waals surface area contributed by atoms with Crippen molar-refractivity contribution >= 4 is 18.6 Å². The number of rotatable bonds is 1. The van der Waals surface area contributed by atoms with Crippen LogP contribution in [0.2, 0.25) is 0 Å². The van der Waals surface area contributed by atoms with Gasteiger partial charge in [-0.2, -0.15) is 12.6 Å². The van der Waals surface area contributed by atoms with Gasteiger partial charge in [-0.1, -0.05) is 11.8 Å². The number of pyridine rings is 1. The second-order valence-corrected chi connectivity index (χ2v) is 2.73. The molecule has 14 heavy (non-hydrogen) atoms. The summed E-state index contributed by atoms with van der Waals surface area (Å²) in [5.74, 6) is 5.65. The highest BCUT2D eigenvalue weighted by atomic mass is 32.1. The average molecular weight is 207 g/mol. The van der Waals surface area contributed by atoms with E-state index in [9.17, 15) is 4.79 Å². The molecule has 0 aliphatic carbocycles. The van der Waals surface area contributed by atoms with E-state index in [4.69, 9.17) is 0 Å². The van der Waals surface area contributed by atoms with Gasteiger partial charge < -0.3 is 4.74 Å². The Kier molecular flexibility index (Phi) is 4.02. The molecular formula is C10H9NO2S. The first-order valence-electron chi connectivity index (χ1n) is 3.91. The standard InChI is InChI=1S/C10H9NO2S/c1-13-10(12)9-5-8(3-2-4-14)6-11-7-9/h5-7,14H,4H2,1H3. The molecule has 0 amide bonds. The van der Waals surface area contributed by atoms with Gasteiger partial charge in [-0.15, -0.1) is 0 Å². The van der Waals surface area contributed by atoms with Crippen molar-refractivity contribution in [2.75, 3.05) is 12.9 Å². The number of esters is 1. The molecule has 0 saturated heterocycles. The van der Waals surface area contributed by atoms with Crippen LogP contribution in [0.15, 0.2) is 18.5 Å². The third kappa shape index (κ3) is 2.79. The van der Waals surface area contributed by atoms with E-state index in [1.165, 1.54) is 13.3 Å². The Morgan fingerprint density at radius 2 is 2.43 bits per heavy atom. The Morgan fingerprint density at radius 3 is 3.07 bits per heavy atom. The summed E-state index contributed by atoms with van der Waals surface area (Å²) < 4.78 is 4.55. The normalized spacial score (nSPS) is 8.71. The molecule has 3 nitrogen and oxygen atoms in total. The molecule has 0 saturated carbocycles. The van der Waals surface area contributed by atoms with E-state index >= 15 is 0 Å². The lowest BCUT2D eigenvalue weighted by atomic mass is 10.2. The molecule has 0 aromatic carbocycles. The number of carbonyl (C=O) groups excluding carboxylic acids is 1. The van der Waals surface area contributed by atoms with Crippen LogP contribution in [0.1, 0.15) is 15.9 Å². The fraction of sp³-hybridized carbons (Fsp3) is 0.200. The number of methoxy groups -OCH3 is 1. The van der Waals surface area contributed by atoms with Crippen molar-refractivity contribution in [2.24, 2.45) is 0 Å². The Balaban J connectivity index is 2.95. The quantitative estimate of drug-likeness (QED) is 0.426. The van der Waals surface area contributed by atoms with Crippen molar-refractivity contribution in [1.82, 2.24) is 4.98 Å². The van der Waals surface area contributed by atoms with E-state index in [-0.39, 0.29) is 0 Å². The van der Waals surface area contributed by atoms with Gasteiger partial charge >= 0.3 is 5.97 Å². The fourth-order valence-electron chi connectivity index (χ4n) is 0.879. The number of hydrogen-bond donors (Lipinski definition) is 1. The van der Waals surface area contributed by atoms with Crippen molar-refractivity contribution in [3.63, 3.8) is 0 Å². The van der Waals surface area contributed by atoms with Crippen LogP contribution in [0, 0.1) is 11.8 Å². The highest BCUT2D eigenvalue weighted by molar-refractivity contribution is 7.80. The first kappa shape index (κ1) is 10.6. The molecule has 1 aromatic rings. The molecule has 0 aliphatic heterocycles. The fourth-order valence-corrected chi connectivity index (χ4v) is 0.958. The highest BCUT2D eigenvalue weighted by Gasteiger charge is 2.04. The van der Waals surface area contributed by atoms with Gasteiger partial charge in [-0.3, -0.25) is 4.98 Å². The van der Waals surface area contributed by atoms with Gasteiger partial charge in [0.1, 0.15) is 0 Å². The first-order chi connectivity index (χ1) is 6.77. The topological polar surface area (TPSA) is 39.2 Å². The number of nitrogens with zero attached hydrogens (tertiary/aromatic N) is 1. The summed E-state index contributed by atoms with van der Waals surface area (Å²) >= 11 is 3.95. The first-order valence-corrected chi connectivity index (χ1v) is 4.54. The van der Waals surface area contributed by atoms with Crippen LogP contribution in [0.5, 0.6) is 0 Å². The van der Waals surface area contributed by atoms with Crippen LogP contribution in [0.4, 0.5) is 0 Å². The summed E-state index contributed by atoms with van der Waals surface area (Å²) in [6.45, 7) is 0. The zero-order valence-electron chi connectivity index (χ0n) is 7.65. The van der Waals surface area contributed by atoms with Crippen LogP contribution in [0.25, 0.3) is 0 Å². The number of thiol groups is 1. The SMILES string of the molecule is COC(=O)c1cncc(C#CCS)c1. The van der Waals surface area contributed by atoms with Gasteiger partial charge in [0.15, 0.2) is 0 Å². The van der Waals surface area contributed by atoms with Crippen molar-refractivity contribution in [3.05, 3.63) is 29.6 Å². The molecule has 1 aromatic heterocycles. The highest BCUT2D eigenvalue weighted by Crippen LogP contribution is 2.02. The van der Waals surface area contributed by atoms with Crippen molar-refractivity contribution in [1.29, 1.82) is 0 Å². The van der Waals surface area contributed by atoms with E-state index in [1.54, 1.807) is 12.3 Å². The van der Waals surface area contributed by atoms with E-state index < -0.39 is 5.97 Å². The maximum Gasteiger partial charge on any atom is 0.339 e. The van der Waals surface area contributed by atoms with E-state index in [2.05, 4.69) is 34.2 Å². The third-order valence-electron chi connectivity index (χ3n) is 1.47. The van der Waals surface area contributed by atoms with Crippen molar-refractivity contribution < 1.29 is 9.53 Å². The Labute approximate surface area is 87.9 Å². The summed E-state index contributed by atoms with van der Waals surface area (Å²) in [4.78, 5) is 15.0. The third-order valence-corrected chi connectivity index (χ3v) is 1.63. The summed E-state index contributed by atoms with van der Waals surface area (Å²) in [5.41, 5.74) is 1.08. The molecule has 0 fully saturated rings. The number of ether oxygens (including phenoxy) is 1. The smallest absolute Gasteiger partial charge is 0.339 e. The van der Waals surface area contributed by atoms with E-state index in [1.807, 2.05) is 0 Å². The Morgan fingerprint density at radius 1 is 1.64 bits per heavy atom. The van der Waals surface area contributed by atoms with Crippen LogP contribution in [0.3, 0.4) is 0 Å². The number of hydrogen-bond acceptors (Lipinski definition) is 4. The van der Waals surface area contributed by atoms with Gasteiger partial charge in [0.05, 0.1) is 18.4 Å². The molecule has 0 atom stereocenters. The van der Waals surface area contributed by atoms with E-state index in [0.717, 1.165) is 0 Å². The lowest BCUT2D eigenvalue weighted by molar-refractivity contribution is 0.0600. The van der Waals surface area contributed by atoms with Gasteiger partial charge in [0.25, 0.3) is 0 Å². The van der Waals surface area contributed by atoms with Gasteiger partial charge in [-0.05, 0) is 6.07 Å². The van der Waals surface area contributed by atoms with Crippen molar-refractivity contribution in [3.8, 4) is 11.8 Å². The van der Waals surface area contributed by atoms with Gasteiger partial charge in [0.2, 0.25) is 0 Å². The Hall–Kier alpha value is -1.47. The average Bonchev–Trinajstić information content (AvgIpc) is 2.25. The minimum atomic E-state index is -0.410. The number of carbonyl (C=O) groups is 1. The maximum atomic E-state index is 11.1. The Bertz CT molecular complexity index is 393. The molecule has 0 aliphatic rings. The zero-order valence-corrected chi connectivity index (χ0v) is 8.54. The molecule has 0 bridgehead atoms. The summed E-state index contributed by atoms with van der Waals surface area (Å²) in [6.07, 6.45) is 3.03. The zero-order chi connectivity index (χ0) is 10.4. The molecule has 1 rings (SSSR count). The lowest BCUT2D eigenvalue weighted by Crippen LogP contribution is -2.01. The minimum Gasteiger partial charge on any atom is -0.465 e. The molecule has 1 heterocycles. The van der Waals surface area contributed by atoms with Crippen LogP contribution >= 0.6 is 12.6 Å². The van der Waals surface area contributed by atoms with Crippen LogP contribution in [-0.4, -0.2) is 23.8 Å². The van der Waals surface area contributed by atoms with Gasteiger partial charge in [0, 0.05) is 18.0 Å². The molecular weight excluding hydrogens is 198 g/mol. The van der Waals surface area contributed by atoms with Crippen molar-refractivity contribution in [2.45, 2.75) is 0 Å². The second kappa shape index (κ2) is 5.30. The van der Waals surface area contributed by atoms with Crippen LogP contribution < -0.4 is 0 Å². The van der Waals surface area contributed by atoms with Crippen LogP contribution in [-0.2, 0) is 4.74 Å². The predicted molar refractivity (Wildman–Crippen MR) is 56.3 cm³/mol. The molecule has 0 spiro atoms. The lowest BCUT2D eigenvalue weighted by Gasteiger charge is -1.97. The largest absolute Gasteiger partial charge is 0.465 e. The van der Waals surface area contributed by atoms with Gasteiger partial charge in [-0.25, -0.2) is 4.79 Å². The molecule has 0 radical (unpaired) electrons. The monoisotopic (exact) mass is 207 g/mol. The molecule has 4 heteroatoms. The maximum absolute atomic E-state index is 11.1. The second-order valence-electron chi connectivity index (χ2n) is 2.41. The number of aromatic nitrogens is 1. The summed E-state index contributed by atoms with van der Waals surface area (Å²) in [5, 5.41) is 0. The molecule has 0 unspecified atom stereocenters. The predicted octanol–water partition coefficient (Wildman–Crippen LogP) is 1.15.